The number of primary sulfonamides is 1. The highest BCUT2D eigenvalue weighted by molar-refractivity contribution is 7.89. The van der Waals surface area contributed by atoms with Crippen molar-refractivity contribution in [3.8, 4) is 11.4 Å². The molecule has 0 aliphatic heterocycles. The summed E-state index contributed by atoms with van der Waals surface area (Å²) in [6.45, 7) is 9.59. The average molecular weight is 308 g/mol. The van der Waals surface area contributed by atoms with Gasteiger partial charge in [0.05, 0.1) is 0 Å². The van der Waals surface area contributed by atoms with Crippen molar-refractivity contribution in [1.82, 2.24) is 14.8 Å². The van der Waals surface area contributed by atoms with Crippen molar-refractivity contribution in [1.29, 1.82) is 0 Å². The van der Waals surface area contributed by atoms with Crippen molar-refractivity contribution in [2.24, 2.45) is 5.14 Å². The number of benzene rings is 1. The monoisotopic (exact) mass is 308 g/mol. The molecule has 2 aromatic rings. The molecule has 1 heterocycles. The quantitative estimate of drug-likeness (QED) is 0.918. The molecular formula is C14H20N4O2S. The lowest BCUT2D eigenvalue weighted by Gasteiger charge is -2.25. The summed E-state index contributed by atoms with van der Waals surface area (Å²) in [5.41, 5.74) is 2.38. The van der Waals surface area contributed by atoms with Gasteiger partial charge in [-0.3, -0.25) is 4.57 Å². The lowest BCUT2D eigenvalue weighted by molar-refractivity contribution is 0.366. The Labute approximate surface area is 125 Å². The molecule has 2 N–H and O–H groups in total. The van der Waals surface area contributed by atoms with E-state index in [2.05, 4.69) is 10.2 Å². The van der Waals surface area contributed by atoms with Crippen LogP contribution < -0.4 is 5.14 Å². The maximum absolute atomic E-state index is 11.8. The summed E-state index contributed by atoms with van der Waals surface area (Å²) in [7, 11) is -3.94. The maximum atomic E-state index is 11.8. The molecule has 114 valence electrons. The van der Waals surface area contributed by atoms with Crippen LogP contribution in [0.3, 0.4) is 0 Å². The zero-order valence-corrected chi connectivity index (χ0v) is 13.7. The molecule has 0 saturated carbocycles. The minimum absolute atomic E-state index is 0.215. The molecule has 0 amide bonds. The Balaban J connectivity index is 2.87. The van der Waals surface area contributed by atoms with Gasteiger partial charge < -0.3 is 0 Å². The average Bonchev–Trinajstić information content (AvgIpc) is 2.72. The minimum atomic E-state index is -3.94. The van der Waals surface area contributed by atoms with Crippen LogP contribution in [0.2, 0.25) is 0 Å². The third-order valence-electron chi connectivity index (χ3n) is 3.26. The van der Waals surface area contributed by atoms with E-state index in [4.69, 9.17) is 5.14 Å². The standard InChI is InChI=1S/C14H20N4O2S/c1-9-7-6-8-10(2)11(9)12-16-17-13(21(15,19)20)18(12)14(3,4)5/h6-8H,1-5H3,(H2,15,19,20). The Bertz CT molecular complexity index is 766. The van der Waals surface area contributed by atoms with Crippen LogP contribution in [0.1, 0.15) is 31.9 Å². The third-order valence-corrected chi connectivity index (χ3v) is 4.04. The van der Waals surface area contributed by atoms with Crippen LogP contribution in [-0.2, 0) is 15.6 Å². The Morgan fingerprint density at radius 3 is 2.05 bits per heavy atom. The number of sulfonamides is 1. The molecule has 21 heavy (non-hydrogen) atoms. The Hall–Kier alpha value is -1.73. The van der Waals surface area contributed by atoms with Gasteiger partial charge in [0, 0.05) is 11.1 Å². The number of hydrogen-bond acceptors (Lipinski definition) is 4. The molecule has 0 aliphatic rings. The molecule has 7 heteroatoms. The second-order valence-electron chi connectivity index (χ2n) is 6.12. The van der Waals surface area contributed by atoms with Crippen LogP contribution in [0.15, 0.2) is 23.4 Å². The van der Waals surface area contributed by atoms with Gasteiger partial charge in [0.1, 0.15) is 0 Å². The van der Waals surface area contributed by atoms with Gasteiger partial charge >= 0.3 is 0 Å². The number of nitrogens with zero attached hydrogens (tertiary/aromatic N) is 3. The molecule has 0 aliphatic carbocycles. The number of hydrogen-bond donors (Lipinski definition) is 1. The summed E-state index contributed by atoms with van der Waals surface area (Å²) >= 11 is 0. The molecule has 0 atom stereocenters. The highest BCUT2D eigenvalue weighted by Gasteiger charge is 2.30. The lowest BCUT2D eigenvalue weighted by atomic mass is 10.0. The molecule has 1 aromatic heterocycles. The summed E-state index contributed by atoms with van der Waals surface area (Å²) < 4.78 is 25.1. The minimum Gasteiger partial charge on any atom is -0.291 e. The predicted molar refractivity (Wildman–Crippen MR) is 81.3 cm³/mol. The van der Waals surface area contributed by atoms with Gasteiger partial charge in [-0.25, -0.2) is 13.6 Å². The molecule has 0 saturated heterocycles. The number of aromatic nitrogens is 3. The van der Waals surface area contributed by atoms with E-state index in [1.165, 1.54) is 0 Å². The zero-order chi connectivity index (χ0) is 16.0. The second-order valence-corrected chi connectivity index (χ2v) is 7.58. The van der Waals surface area contributed by atoms with Gasteiger partial charge in [-0.1, -0.05) is 18.2 Å². The first-order valence-electron chi connectivity index (χ1n) is 6.59. The van der Waals surface area contributed by atoms with E-state index < -0.39 is 15.6 Å². The van der Waals surface area contributed by atoms with E-state index in [0.717, 1.165) is 16.7 Å². The van der Waals surface area contributed by atoms with Gasteiger partial charge in [0.2, 0.25) is 0 Å². The first-order valence-corrected chi connectivity index (χ1v) is 8.13. The largest absolute Gasteiger partial charge is 0.291 e. The van der Waals surface area contributed by atoms with Crippen molar-refractivity contribution in [2.45, 2.75) is 45.3 Å². The predicted octanol–water partition coefficient (Wildman–Crippen LogP) is 1.96. The van der Waals surface area contributed by atoms with Gasteiger partial charge in [0.25, 0.3) is 15.2 Å². The Morgan fingerprint density at radius 1 is 1.10 bits per heavy atom. The summed E-state index contributed by atoms with van der Waals surface area (Å²) in [6, 6.07) is 5.87. The first-order chi connectivity index (χ1) is 9.53. The highest BCUT2D eigenvalue weighted by Crippen LogP contribution is 2.31. The summed E-state index contributed by atoms with van der Waals surface area (Å²) in [5.74, 6) is 0.516. The normalized spacial score (nSPS) is 12.7. The van der Waals surface area contributed by atoms with Crippen molar-refractivity contribution in [3.63, 3.8) is 0 Å². The number of nitrogens with two attached hydrogens (primary N) is 1. The topological polar surface area (TPSA) is 90.9 Å². The molecule has 6 nitrogen and oxygen atoms in total. The molecular weight excluding hydrogens is 288 g/mol. The fraction of sp³-hybridized carbons (Fsp3) is 0.429. The summed E-state index contributed by atoms with van der Waals surface area (Å²) in [4.78, 5) is 0. The Kier molecular flexibility index (Phi) is 3.67. The fourth-order valence-electron chi connectivity index (χ4n) is 2.39. The maximum Gasteiger partial charge on any atom is 0.273 e. The van der Waals surface area contributed by atoms with Gasteiger partial charge in [-0.2, -0.15) is 0 Å². The van der Waals surface area contributed by atoms with Gasteiger partial charge in [0.15, 0.2) is 5.82 Å². The first kappa shape index (κ1) is 15.7. The van der Waals surface area contributed by atoms with Gasteiger partial charge in [-0.15, -0.1) is 10.2 Å². The van der Waals surface area contributed by atoms with Crippen molar-refractivity contribution >= 4 is 10.0 Å². The third kappa shape index (κ3) is 2.84. The molecule has 1 aromatic carbocycles. The van der Waals surface area contributed by atoms with E-state index in [9.17, 15) is 8.42 Å². The van der Waals surface area contributed by atoms with E-state index in [1.807, 2.05) is 52.8 Å². The van der Waals surface area contributed by atoms with Crippen molar-refractivity contribution in [3.05, 3.63) is 29.3 Å². The fourth-order valence-corrected chi connectivity index (χ4v) is 3.16. The van der Waals surface area contributed by atoms with Gasteiger partial charge in [-0.05, 0) is 45.7 Å². The summed E-state index contributed by atoms with van der Waals surface area (Å²) in [5, 5.41) is 13.0. The summed E-state index contributed by atoms with van der Waals surface area (Å²) in [6.07, 6.45) is 0. The van der Waals surface area contributed by atoms with E-state index in [1.54, 1.807) is 4.57 Å². The number of aryl methyl sites for hydroxylation is 2. The van der Waals surface area contributed by atoms with E-state index >= 15 is 0 Å². The molecule has 0 fully saturated rings. The lowest BCUT2D eigenvalue weighted by Crippen LogP contribution is -2.29. The van der Waals surface area contributed by atoms with Crippen LogP contribution in [-0.4, -0.2) is 23.2 Å². The molecule has 0 bridgehead atoms. The van der Waals surface area contributed by atoms with Crippen LogP contribution >= 0.6 is 0 Å². The zero-order valence-electron chi connectivity index (χ0n) is 12.9. The van der Waals surface area contributed by atoms with Crippen LogP contribution in [0, 0.1) is 13.8 Å². The van der Waals surface area contributed by atoms with Crippen LogP contribution in [0.4, 0.5) is 0 Å². The molecule has 2 rings (SSSR count). The van der Waals surface area contributed by atoms with E-state index in [0.29, 0.717) is 5.82 Å². The Morgan fingerprint density at radius 2 is 1.62 bits per heavy atom. The highest BCUT2D eigenvalue weighted by atomic mass is 32.2. The van der Waals surface area contributed by atoms with E-state index in [-0.39, 0.29) is 5.16 Å². The van der Waals surface area contributed by atoms with Crippen LogP contribution in [0.5, 0.6) is 0 Å². The molecule has 0 radical (unpaired) electrons. The van der Waals surface area contributed by atoms with Crippen molar-refractivity contribution in [2.75, 3.05) is 0 Å². The molecule has 0 unspecified atom stereocenters. The van der Waals surface area contributed by atoms with Crippen LogP contribution in [0.25, 0.3) is 11.4 Å². The smallest absolute Gasteiger partial charge is 0.273 e. The number of rotatable bonds is 2. The SMILES string of the molecule is Cc1cccc(C)c1-c1nnc(S(N)(=O)=O)n1C(C)(C)C. The second kappa shape index (κ2) is 4.92. The molecule has 0 spiro atoms. The van der Waals surface area contributed by atoms with Crippen molar-refractivity contribution < 1.29 is 8.42 Å².